The lowest BCUT2D eigenvalue weighted by Crippen LogP contribution is -2.33. The van der Waals surface area contributed by atoms with Crippen molar-refractivity contribution < 1.29 is 19.4 Å². The van der Waals surface area contributed by atoms with E-state index < -0.39 is 18.0 Å². The van der Waals surface area contributed by atoms with E-state index >= 15 is 0 Å². The number of rotatable bonds is 4. The third kappa shape index (κ3) is 3.72. The molecule has 2 N–H and O–H groups in total. The lowest BCUT2D eigenvalue weighted by Gasteiger charge is -2.12. The fourth-order valence-corrected chi connectivity index (χ4v) is 3.51. The minimum atomic E-state index is -0.855. The number of carbonyl (C=O) groups excluding carboxylic acids is 1. The van der Waals surface area contributed by atoms with Crippen molar-refractivity contribution in [2.24, 2.45) is 0 Å². The molecule has 0 aromatic heterocycles. The number of benzene rings is 2. The molecule has 6 heteroatoms. The first kappa shape index (κ1) is 15.6. The summed E-state index contributed by atoms with van der Waals surface area (Å²) >= 11 is 1.52. The number of nitrogens with one attached hydrogen (secondary N) is 1. The van der Waals surface area contributed by atoms with Gasteiger partial charge in [0.2, 0.25) is 0 Å². The van der Waals surface area contributed by atoms with Crippen LogP contribution in [0.15, 0.2) is 54.6 Å². The SMILES string of the molecule is O=C(Oc1cccc(C2N[C@H](C(=O)O)CS2)c1)c1ccccc1. The second kappa shape index (κ2) is 6.85. The van der Waals surface area contributed by atoms with Gasteiger partial charge in [-0.2, -0.15) is 0 Å². The van der Waals surface area contributed by atoms with Crippen LogP contribution in [0.4, 0.5) is 0 Å². The van der Waals surface area contributed by atoms with Gasteiger partial charge in [-0.15, -0.1) is 11.8 Å². The highest BCUT2D eigenvalue weighted by Gasteiger charge is 2.30. The normalized spacial score (nSPS) is 20.2. The molecule has 2 aromatic rings. The molecule has 0 spiro atoms. The molecule has 5 nitrogen and oxygen atoms in total. The highest BCUT2D eigenvalue weighted by atomic mass is 32.2. The van der Waals surface area contributed by atoms with Crippen molar-refractivity contribution >= 4 is 23.7 Å². The van der Waals surface area contributed by atoms with Gasteiger partial charge < -0.3 is 9.84 Å². The van der Waals surface area contributed by atoms with Crippen molar-refractivity contribution in [2.45, 2.75) is 11.4 Å². The van der Waals surface area contributed by atoms with Gasteiger partial charge in [0.15, 0.2) is 0 Å². The van der Waals surface area contributed by atoms with E-state index in [0.717, 1.165) is 5.56 Å². The van der Waals surface area contributed by atoms with Crippen molar-refractivity contribution in [3.05, 3.63) is 65.7 Å². The van der Waals surface area contributed by atoms with E-state index in [4.69, 9.17) is 9.84 Å². The summed E-state index contributed by atoms with van der Waals surface area (Å²) < 4.78 is 5.38. The van der Waals surface area contributed by atoms with Crippen molar-refractivity contribution in [3.8, 4) is 5.75 Å². The zero-order chi connectivity index (χ0) is 16.2. The average molecular weight is 329 g/mol. The molecule has 0 radical (unpaired) electrons. The number of ether oxygens (including phenoxy) is 1. The third-order valence-electron chi connectivity index (χ3n) is 3.46. The monoisotopic (exact) mass is 329 g/mol. The summed E-state index contributed by atoms with van der Waals surface area (Å²) in [5.74, 6) is -0.323. The highest BCUT2D eigenvalue weighted by molar-refractivity contribution is 7.99. The summed E-state index contributed by atoms with van der Waals surface area (Å²) in [5, 5.41) is 12.0. The number of thioether (sulfide) groups is 1. The average Bonchev–Trinajstić information content (AvgIpc) is 3.06. The maximum atomic E-state index is 12.1. The maximum Gasteiger partial charge on any atom is 0.343 e. The van der Waals surface area contributed by atoms with Crippen molar-refractivity contribution in [1.82, 2.24) is 5.32 Å². The first-order valence-corrected chi connectivity index (χ1v) is 8.16. The fourth-order valence-electron chi connectivity index (χ4n) is 2.29. The molecule has 0 amide bonds. The second-order valence-electron chi connectivity index (χ2n) is 5.10. The Morgan fingerprint density at radius 3 is 2.61 bits per heavy atom. The van der Waals surface area contributed by atoms with Crippen LogP contribution in [0.1, 0.15) is 21.3 Å². The number of aliphatic carboxylic acids is 1. The number of hydrogen-bond donors (Lipinski definition) is 2. The topological polar surface area (TPSA) is 75.6 Å². The number of esters is 1. The summed E-state index contributed by atoms with van der Waals surface area (Å²) in [6.07, 6.45) is 0. The number of carbonyl (C=O) groups is 2. The first-order valence-electron chi connectivity index (χ1n) is 7.11. The van der Waals surface area contributed by atoms with Crippen LogP contribution >= 0.6 is 11.8 Å². The van der Waals surface area contributed by atoms with E-state index in [2.05, 4.69) is 5.32 Å². The van der Waals surface area contributed by atoms with Crippen LogP contribution in [0.2, 0.25) is 0 Å². The van der Waals surface area contributed by atoms with E-state index in [1.54, 1.807) is 42.5 Å². The quantitative estimate of drug-likeness (QED) is 0.663. The molecule has 1 aliphatic rings. The molecule has 2 atom stereocenters. The molecule has 1 saturated heterocycles. The van der Waals surface area contributed by atoms with E-state index in [1.807, 2.05) is 12.1 Å². The lowest BCUT2D eigenvalue weighted by molar-refractivity contribution is -0.138. The molecule has 0 saturated carbocycles. The fraction of sp³-hybridized carbons (Fsp3) is 0.176. The van der Waals surface area contributed by atoms with Crippen LogP contribution in [-0.2, 0) is 4.79 Å². The predicted molar refractivity (Wildman–Crippen MR) is 87.6 cm³/mol. The van der Waals surface area contributed by atoms with Gasteiger partial charge in [0.1, 0.15) is 11.8 Å². The van der Waals surface area contributed by atoms with Gasteiger partial charge in [-0.3, -0.25) is 10.1 Å². The molecular weight excluding hydrogens is 314 g/mol. The molecule has 118 valence electrons. The summed E-state index contributed by atoms with van der Waals surface area (Å²) in [4.78, 5) is 23.1. The largest absolute Gasteiger partial charge is 0.480 e. The standard InChI is InChI=1S/C17H15NO4S/c19-16(20)14-10-23-15(18-14)12-7-4-8-13(9-12)22-17(21)11-5-2-1-3-6-11/h1-9,14-15,18H,10H2,(H,19,20)/t14-,15?/m0/s1. The molecule has 0 bridgehead atoms. The first-order chi connectivity index (χ1) is 11.1. The van der Waals surface area contributed by atoms with Crippen molar-refractivity contribution in [3.63, 3.8) is 0 Å². The van der Waals surface area contributed by atoms with Gasteiger partial charge in [-0.05, 0) is 29.8 Å². The van der Waals surface area contributed by atoms with E-state index in [1.165, 1.54) is 11.8 Å². The molecule has 23 heavy (non-hydrogen) atoms. The highest BCUT2D eigenvalue weighted by Crippen LogP contribution is 2.34. The lowest BCUT2D eigenvalue weighted by atomic mass is 10.2. The minimum Gasteiger partial charge on any atom is -0.480 e. The number of hydrogen-bond acceptors (Lipinski definition) is 5. The summed E-state index contributed by atoms with van der Waals surface area (Å²) in [6.45, 7) is 0. The van der Waals surface area contributed by atoms with Gasteiger partial charge in [0, 0.05) is 5.75 Å². The molecule has 0 aliphatic carbocycles. The van der Waals surface area contributed by atoms with E-state index in [9.17, 15) is 9.59 Å². The van der Waals surface area contributed by atoms with Gasteiger partial charge >= 0.3 is 11.9 Å². The second-order valence-corrected chi connectivity index (χ2v) is 6.24. The van der Waals surface area contributed by atoms with E-state index in [0.29, 0.717) is 17.1 Å². The Morgan fingerprint density at radius 1 is 1.13 bits per heavy atom. The van der Waals surface area contributed by atoms with Gasteiger partial charge in [0.05, 0.1) is 10.9 Å². The smallest absolute Gasteiger partial charge is 0.343 e. The third-order valence-corrected chi connectivity index (χ3v) is 4.73. The molecule has 1 fully saturated rings. The van der Waals surface area contributed by atoms with Crippen LogP contribution < -0.4 is 10.1 Å². The van der Waals surface area contributed by atoms with Crippen LogP contribution in [-0.4, -0.2) is 28.8 Å². The maximum absolute atomic E-state index is 12.1. The zero-order valence-corrected chi connectivity index (χ0v) is 13.0. The number of carboxylic acids is 1. The molecule has 1 unspecified atom stereocenters. The van der Waals surface area contributed by atoms with Gasteiger partial charge in [-0.1, -0.05) is 30.3 Å². The Labute approximate surface area is 137 Å². The Kier molecular flexibility index (Phi) is 4.64. The van der Waals surface area contributed by atoms with Crippen LogP contribution in [0, 0.1) is 0 Å². The van der Waals surface area contributed by atoms with E-state index in [-0.39, 0.29) is 5.37 Å². The van der Waals surface area contributed by atoms with Crippen molar-refractivity contribution in [2.75, 3.05) is 5.75 Å². The van der Waals surface area contributed by atoms with Crippen LogP contribution in [0.25, 0.3) is 0 Å². The molecule has 1 aliphatic heterocycles. The number of carboxylic acid groups (broad SMARTS) is 1. The Balaban J connectivity index is 1.71. The minimum absolute atomic E-state index is 0.119. The predicted octanol–water partition coefficient (Wildman–Crippen LogP) is 2.69. The summed E-state index contributed by atoms with van der Waals surface area (Å²) in [7, 11) is 0. The Bertz CT molecular complexity index is 720. The van der Waals surface area contributed by atoms with Crippen molar-refractivity contribution in [1.29, 1.82) is 0 Å². The molecule has 3 rings (SSSR count). The Morgan fingerprint density at radius 2 is 1.91 bits per heavy atom. The molecule has 2 aromatic carbocycles. The van der Waals surface area contributed by atoms with Crippen LogP contribution in [0.3, 0.4) is 0 Å². The van der Waals surface area contributed by atoms with Crippen LogP contribution in [0.5, 0.6) is 5.75 Å². The van der Waals surface area contributed by atoms with Gasteiger partial charge in [0.25, 0.3) is 0 Å². The molecule has 1 heterocycles. The Hall–Kier alpha value is -2.31. The summed E-state index contributed by atoms with van der Waals surface area (Å²) in [5.41, 5.74) is 1.37. The molecular formula is C17H15NO4S. The summed E-state index contributed by atoms with van der Waals surface area (Å²) in [6, 6.07) is 15.4. The zero-order valence-electron chi connectivity index (χ0n) is 12.1. The van der Waals surface area contributed by atoms with Gasteiger partial charge in [-0.25, -0.2) is 4.79 Å².